The van der Waals surface area contributed by atoms with E-state index in [1.165, 1.54) is 90.5 Å². The number of phenols is 1. The van der Waals surface area contributed by atoms with Crippen molar-refractivity contribution >= 4 is 19.7 Å². The third kappa shape index (κ3) is 6.74. The summed E-state index contributed by atoms with van der Waals surface area (Å²) in [5, 5.41) is 9.42. The van der Waals surface area contributed by atoms with E-state index in [2.05, 4.69) is 20.8 Å². The Hall–Kier alpha value is -4.60. The lowest BCUT2D eigenvalue weighted by Crippen LogP contribution is -2.10. The molecule has 0 saturated heterocycles. The second-order valence-corrected chi connectivity index (χ2v) is 14.8. The summed E-state index contributed by atoms with van der Waals surface area (Å²) in [5.41, 5.74) is 1.22. The first kappa shape index (κ1) is 29.9. The first-order valence-corrected chi connectivity index (χ1v) is 16.3. The molecule has 0 aromatic heterocycles. The van der Waals surface area contributed by atoms with Gasteiger partial charge in [-0.25, -0.2) is 16.8 Å². The Morgan fingerprint density at radius 2 is 0.698 bits per heavy atom. The van der Waals surface area contributed by atoms with E-state index in [0.29, 0.717) is 23.0 Å². The molecule has 0 aliphatic rings. The van der Waals surface area contributed by atoms with Crippen LogP contribution in [0.3, 0.4) is 0 Å². The van der Waals surface area contributed by atoms with Crippen molar-refractivity contribution in [1.29, 1.82) is 0 Å². The van der Waals surface area contributed by atoms with E-state index in [-0.39, 0.29) is 30.7 Å². The zero-order valence-corrected chi connectivity index (χ0v) is 25.4. The Bertz CT molecular complexity index is 1920. The number of sulfone groups is 2. The molecule has 0 atom stereocenters. The number of phenolic OH excluding ortho intramolecular Hbond substituents is 1. The predicted molar refractivity (Wildman–Crippen MR) is 164 cm³/mol. The molecule has 7 nitrogen and oxygen atoms in total. The molecule has 0 amide bonds. The van der Waals surface area contributed by atoms with Crippen molar-refractivity contribution in [3.05, 3.63) is 127 Å². The van der Waals surface area contributed by atoms with Crippen LogP contribution in [0.1, 0.15) is 26.3 Å². The molecule has 43 heavy (non-hydrogen) atoms. The van der Waals surface area contributed by atoms with Crippen molar-refractivity contribution in [3.63, 3.8) is 0 Å². The van der Waals surface area contributed by atoms with Crippen molar-refractivity contribution in [1.82, 2.24) is 0 Å². The van der Waals surface area contributed by atoms with Crippen molar-refractivity contribution in [2.24, 2.45) is 0 Å². The van der Waals surface area contributed by atoms with Gasteiger partial charge in [-0.3, -0.25) is 0 Å². The average Bonchev–Trinajstić information content (AvgIpc) is 2.98. The van der Waals surface area contributed by atoms with Gasteiger partial charge in [-0.1, -0.05) is 32.9 Å². The van der Waals surface area contributed by atoms with Crippen molar-refractivity contribution in [3.8, 4) is 28.7 Å². The summed E-state index contributed by atoms with van der Waals surface area (Å²) in [7, 11) is -7.55. The average molecular weight is 615 g/mol. The summed E-state index contributed by atoms with van der Waals surface area (Å²) in [6, 6.07) is 31.2. The summed E-state index contributed by atoms with van der Waals surface area (Å²) in [5.74, 6) is 1.92. The van der Waals surface area contributed by atoms with E-state index in [9.17, 15) is 21.9 Å². The first-order chi connectivity index (χ1) is 20.3. The zero-order valence-electron chi connectivity index (χ0n) is 23.8. The summed E-state index contributed by atoms with van der Waals surface area (Å²) < 4.78 is 63.8. The molecular formula is C34H30O7S2. The topological polar surface area (TPSA) is 107 Å². The Labute approximate surface area is 251 Å². The first-order valence-electron chi connectivity index (χ1n) is 13.4. The van der Waals surface area contributed by atoms with Gasteiger partial charge in [-0.15, -0.1) is 0 Å². The zero-order chi connectivity index (χ0) is 30.8. The van der Waals surface area contributed by atoms with E-state index in [4.69, 9.17) is 9.47 Å². The molecule has 0 radical (unpaired) electrons. The molecule has 0 unspecified atom stereocenters. The van der Waals surface area contributed by atoms with Gasteiger partial charge in [-0.2, -0.15) is 0 Å². The van der Waals surface area contributed by atoms with Gasteiger partial charge in [0.2, 0.25) is 19.7 Å². The molecule has 0 spiro atoms. The highest BCUT2D eigenvalue weighted by molar-refractivity contribution is 7.91. The fraction of sp³-hybridized carbons (Fsp3) is 0.118. The molecule has 0 heterocycles. The maximum Gasteiger partial charge on any atom is 0.206 e. The van der Waals surface area contributed by atoms with Crippen LogP contribution in [-0.2, 0) is 25.1 Å². The second kappa shape index (κ2) is 11.6. The summed E-state index contributed by atoms with van der Waals surface area (Å²) in [6.07, 6.45) is 0. The van der Waals surface area contributed by atoms with E-state index in [1.807, 2.05) is 24.3 Å². The molecule has 0 saturated carbocycles. The third-order valence-corrected chi connectivity index (χ3v) is 10.3. The maximum atomic E-state index is 13.2. The largest absolute Gasteiger partial charge is 0.508 e. The Balaban J connectivity index is 1.24. The molecule has 0 aliphatic carbocycles. The molecule has 0 bridgehead atoms. The Kier molecular flexibility index (Phi) is 8.05. The molecule has 1 N–H and O–H groups in total. The third-order valence-electron chi connectivity index (χ3n) is 6.74. The normalized spacial score (nSPS) is 12.1. The van der Waals surface area contributed by atoms with E-state index >= 15 is 0 Å². The lowest BCUT2D eigenvalue weighted by atomic mass is 9.87. The van der Waals surface area contributed by atoms with Gasteiger partial charge in [0.1, 0.15) is 28.7 Å². The SMILES string of the molecule is CC(C)(C)c1ccc(Oc2ccc(S(=O)(=O)c3ccc(Oc4ccc(S(=O)(=O)c5ccc(O)cc5)cc4)cc3)cc2)cc1. The van der Waals surface area contributed by atoms with Gasteiger partial charge in [0, 0.05) is 0 Å². The van der Waals surface area contributed by atoms with Crippen LogP contribution in [0.2, 0.25) is 0 Å². The highest BCUT2D eigenvalue weighted by Crippen LogP contribution is 2.31. The van der Waals surface area contributed by atoms with Crippen LogP contribution in [0, 0.1) is 0 Å². The Morgan fingerprint density at radius 3 is 0.977 bits per heavy atom. The highest BCUT2D eigenvalue weighted by Gasteiger charge is 2.20. The number of hydrogen-bond acceptors (Lipinski definition) is 7. The van der Waals surface area contributed by atoms with E-state index in [0.717, 1.165) is 0 Å². The molecule has 5 rings (SSSR count). The quantitative estimate of drug-likeness (QED) is 0.189. The summed E-state index contributed by atoms with van der Waals surface area (Å²) >= 11 is 0. The van der Waals surface area contributed by atoms with Crippen LogP contribution >= 0.6 is 0 Å². The molecule has 5 aromatic rings. The van der Waals surface area contributed by atoms with Crippen molar-refractivity contribution in [2.45, 2.75) is 45.8 Å². The van der Waals surface area contributed by atoms with Crippen LogP contribution in [0.4, 0.5) is 0 Å². The van der Waals surface area contributed by atoms with Crippen LogP contribution in [-0.4, -0.2) is 21.9 Å². The Morgan fingerprint density at radius 1 is 0.442 bits per heavy atom. The van der Waals surface area contributed by atoms with Crippen LogP contribution in [0.15, 0.2) is 141 Å². The molecule has 9 heteroatoms. The van der Waals surface area contributed by atoms with E-state index in [1.54, 1.807) is 12.1 Å². The minimum Gasteiger partial charge on any atom is -0.508 e. The van der Waals surface area contributed by atoms with Crippen LogP contribution in [0.25, 0.3) is 0 Å². The van der Waals surface area contributed by atoms with Gasteiger partial charge < -0.3 is 14.6 Å². The minimum absolute atomic E-state index is 0.0254. The molecular weight excluding hydrogens is 585 g/mol. The van der Waals surface area contributed by atoms with E-state index < -0.39 is 19.7 Å². The molecule has 0 fully saturated rings. The number of ether oxygens (including phenoxy) is 2. The number of rotatable bonds is 8. The minimum atomic E-state index is -3.78. The highest BCUT2D eigenvalue weighted by atomic mass is 32.2. The number of hydrogen-bond donors (Lipinski definition) is 1. The van der Waals surface area contributed by atoms with Crippen molar-refractivity contribution in [2.75, 3.05) is 0 Å². The summed E-state index contributed by atoms with van der Waals surface area (Å²) in [6.45, 7) is 6.42. The number of benzene rings is 5. The van der Waals surface area contributed by atoms with Gasteiger partial charge in [0.25, 0.3) is 0 Å². The standard InChI is InChI=1S/C34H30O7S2/c1-34(2,3)24-4-8-26(9-5-24)40-27-10-20-32(21-11-27)43(38,39)33-22-14-29(15-23-33)41-28-12-18-31(19-13-28)42(36,37)30-16-6-25(35)7-17-30/h4-23,35H,1-3H3. The van der Waals surface area contributed by atoms with Gasteiger partial charge in [0.05, 0.1) is 19.6 Å². The fourth-order valence-corrected chi connectivity index (χ4v) is 6.77. The lowest BCUT2D eigenvalue weighted by molar-refractivity contribution is 0.474. The monoisotopic (exact) mass is 614 g/mol. The smallest absolute Gasteiger partial charge is 0.206 e. The van der Waals surface area contributed by atoms with Gasteiger partial charge >= 0.3 is 0 Å². The van der Waals surface area contributed by atoms with Gasteiger partial charge in [-0.05, 0) is 120 Å². The second-order valence-electron chi connectivity index (χ2n) is 10.9. The fourth-order valence-electron chi connectivity index (χ4n) is 4.25. The van der Waals surface area contributed by atoms with Crippen LogP contribution in [0.5, 0.6) is 28.7 Å². The molecule has 0 aliphatic heterocycles. The lowest BCUT2D eigenvalue weighted by Gasteiger charge is -2.19. The predicted octanol–water partition coefficient (Wildman–Crippen LogP) is 7.94. The molecule has 220 valence electrons. The van der Waals surface area contributed by atoms with Crippen molar-refractivity contribution < 1.29 is 31.4 Å². The van der Waals surface area contributed by atoms with Crippen LogP contribution < -0.4 is 9.47 Å². The molecule has 5 aromatic carbocycles. The maximum absolute atomic E-state index is 13.2. The van der Waals surface area contributed by atoms with Gasteiger partial charge in [0.15, 0.2) is 0 Å². The summed E-state index contributed by atoms with van der Waals surface area (Å²) in [4.78, 5) is 0.356. The number of aromatic hydroxyl groups is 1.